The van der Waals surface area contributed by atoms with Crippen molar-refractivity contribution >= 4 is 18.1 Å². The van der Waals surface area contributed by atoms with Crippen molar-refractivity contribution in [2.24, 2.45) is 0 Å². The molecule has 6 rings (SSSR count). The molecule has 0 saturated carbocycles. The Bertz CT molecular complexity index is 1740. The minimum atomic E-state index is -0.868. The maximum absolute atomic E-state index is 11.6. The molecule has 2 heterocycles. The van der Waals surface area contributed by atoms with Gasteiger partial charge in [-0.2, -0.15) is 0 Å². The van der Waals surface area contributed by atoms with Crippen LogP contribution >= 0.6 is 0 Å². The average molecular weight is 698 g/mol. The quantitative estimate of drug-likeness (QED) is 0.0636. The van der Waals surface area contributed by atoms with Gasteiger partial charge in [-0.15, -0.1) is 0 Å². The average Bonchev–Trinajstić information content (AvgIpc) is 3.15. The van der Waals surface area contributed by atoms with E-state index in [1.54, 1.807) is 6.07 Å². The molecule has 0 aliphatic carbocycles. The number of likely N-dealkylation sites (tertiary alicyclic amines) is 1. The zero-order chi connectivity index (χ0) is 36.2. The van der Waals surface area contributed by atoms with Crippen LogP contribution in [0.3, 0.4) is 0 Å². The summed E-state index contributed by atoms with van der Waals surface area (Å²) in [6, 6.07) is 27.7. The standard InChI is InChI=1S/C39H45N3O6.CH2O2/c1-2-42-21-18-39(19-22-42,29-6-4-3-5-7-29)32-24-28(10-14-33(32)43)17-23-47-30-11-8-27(9-12-30)16-20-40-25-35(45)31-13-15-34(44)37-38(31)48-26-36(46)41-37;2-1-3/h3-15,24,35,40,43-45H,2,16-23,25-26H2,1H3,(H,41,46);1H,(H,2,3)/t35-;/m0./s1. The zero-order valence-electron chi connectivity index (χ0n) is 28.9. The summed E-state index contributed by atoms with van der Waals surface area (Å²) in [6.07, 6.45) is 2.57. The minimum absolute atomic E-state index is 0.0981. The molecule has 1 saturated heterocycles. The molecule has 0 spiro atoms. The molecule has 11 nitrogen and oxygen atoms in total. The Morgan fingerprint density at radius 2 is 1.65 bits per heavy atom. The van der Waals surface area contributed by atoms with Crippen molar-refractivity contribution in [2.45, 2.75) is 44.1 Å². The molecular formula is C40H47N3O8. The SMILES string of the molecule is CCN1CCC(c2ccccc2)(c2cc(CCOc3ccc(CCNC[C@H](O)c4ccc(O)c5c4OCC(=O)N5)cc3)ccc2O)CC1.O=CO. The number of nitrogens with zero attached hydrogens (tertiary/aromatic N) is 1. The lowest BCUT2D eigenvalue weighted by Crippen LogP contribution is -2.43. The highest BCUT2D eigenvalue weighted by Gasteiger charge is 2.39. The van der Waals surface area contributed by atoms with Crippen LogP contribution < -0.4 is 20.1 Å². The summed E-state index contributed by atoms with van der Waals surface area (Å²) in [5, 5.41) is 44.6. The van der Waals surface area contributed by atoms with E-state index in [9.17, 15) is 20.1 Å². The number of piperidine rings is 1. The summed E-state index contributed by atoms with van der Waals surface area (Å²) >= 11 is 0. The van der Waals surface area contributed by atoms with Crippen molar-refractivity contribution in [1.29, 1.82) is 0 Å². The van der Waals surface area contributed by atoms with Crippen LogP contribution in [-0.2, 0) is 27.8 Å². The summed E-state index contributed by atoms with van der Waals surface area (Å²) < 4.78 is 11.6. The molecule has 4 aromatic carbocycles. The third-order valence-corrected chi connectivity index (χ3v) is 9.71. The molecule has 11 heteroatoms. The molecule has 0 bridgehead atoms. The highest BCUT2D eigenvalue weighted by atomic mass is 16.5. The number of aliphatic hydroxyl groups excluding tert-OH is 1. The van der Waals surface area contributed by atoms with Gasteiger partial charge in [0.1, 0.15) is 22.9 Å². The second-order valence-corrected chi connectivity index (χ2v) is 12.8. The second kappa shape index (κ2) is 17.7. The number of rotatable bonds is 13. The van der Waals surface area contributed by atoms with Gasteiger partial charge in [-0.25, -0.2) is 0 Å². The van der Waals surface area contributed by atoms with E-state index in [2.05, 4.69) is 52.8 Å². The van der Waals surface area contributed by atoms with Crippen LogP contribution in [-0.4, -0.2) is 83.6 Å². The second-order valence-electron chi connectivity index (χ2n) is 12.8. The molecule has 51 heavy (non-hydrogen) atoms. The highest BCUT2D eigenvalue weighted by molar-refractivity contribution is 5.97. The van der Waals surface area contributed by atoms with E-state index in [1.165, 1.54) is 11.6 Å². The number of fused-ring (bicyclic) bond motifs is 1. The molecule has 6 N–H and O–H groups in total. The lowest BCUT2D eigenvalue weighted by Gasteiger charge is -2.43. The fourth-order valence-electron chi connectivity index (χ4n) is 6.90. The maximum atomic E-state index is 11.6. The van der Waals surface area contributed by atoms with Gasteiger partial charge in [0, 0.05) is 29.5 Å². The van der Waals surface area contributed by atoms with Crippen LogP contribution in [0, 0.1) is 0 Å². The minimum Gasteiger partial charge on any atom is -0.508 e. The molecule has 1 fully saturated rings. The number of amides is 1. The number of benzene rings is 4. The number of anilines is 1. The number of carboxylic acid groups (broad SMARTS) is 1. The summed E-state index contributed by atoms with van der Waals surface area (Å²) in [5.41, 5.74) is 5.04. The largest absolute Gasteiger partial charge is 0.508 e. The number of hydrogen-bond acceptors (Lipinski definition) is 9. The molecule has 1 amide bonds. The lowest BCUT2D eigenvalue weighted by molar-refractivity contribution is -0.123. The third kappa shape index (κ3) is 9.18. The Labute approximate surface area is 298 Å². The van der Waals surface area contributed by atoms with Gasteiger partial charge in [0.05, 0.1) is 12.7 Å². The summed E-state index contributed by atoms with van der Waals surface area (Å²) in [6.45, 7) is 6.32. The van der Waals surface area contributed by atoms with Gasteiger partial charge in [0.25, 0.3) is 12.4 Å². The molecular weight excluding hydrogens is 650 g/mol. The van der Waals surface area contributed by atoms with Crippen molar-refractivity contribution in [3.63, 3.8) is 0 Å². The summed E-state index contributed by atoms with van der Waals surface area (Å²) in [7, 11) is 0. The number of aliphatic hydroxyl groups is 1. The lowest BCUT2D eigenvalue weighted by atomic mass is 9.67. The molecule has 1 atom stereocenters. The van der Waals surface area contributed by atoms with E-state index in [1.807, 2.05) is 42.5 Å². The number of phenols is 2. The Morgan fingerprint density at radius 3 is 2.35 bits per heavy atom. The van der Waals surface area contributed by atoms with E-state index in [4.69, 9.17) is 19.4 Å². The van der Waals surface area contributed by atoms with Crippen LogP contribution in [0.5, 0.6) is 23.0 Å². The van der Waals surface area contributed by atoms with Crippen LogP contribution in [0.1, 0.15) is 53.7 Å². The number of carbonyl (C=O) groups is 2. The molecule has 4 aromatic rings. The zero-order valence-corrected chi connectivity index (χ0v) is 28.9. The van der Waals surface area contributed by atoms with Crippen LogP contribution in [0.25, 0.3) is 0 Å². The van der Waals surface area contributed by atoms with Crippen molar-refractivity contribution in [2.75, 3.05) is 51.3 Å². The van der Waals surface area contributed by atoms with E-state index in [0.29, 0.717) is 36.8 Å². The first-order valence-electron chi connectivity index (χ1n) is 17.3. The molecule has 0 radical (unpaired) electrons. The van der Waals surface area contributed by atoms with Crippen LogP contribution in [0.15, 0.2) is 84.9 Å². The van der Waals surface area contributed by atoms with Gasteiger partial charge < -0.3 is 45.4 Å². The summed E-state index contributed by atoms with van der Waals surface area (Å²) in [4.78, 5) is 22.5. The predicted molar refractivity (Wildman–Crippen MR) is 195 cm³/mol. The van der Waals surface area contributed by atoms with E-state index in [-0.39, 0.29) is 35.8 Å². The number of hydrogen-bond donors (Lipinski definition) is 6. The van der Waals surface area contributed by atoms with Gasteiger partial charge in [-0.3, -0.25) is 9.59 Å². The smallest absolute Gasteiger partial charge is 0.290 e. The third-order valence-electron chi connectivity index (χ3n) is 9.71. The van der Waals surface area contributed by atoms with Gasteiger partial charge in [0.15, 0.2) is 12.4 Å². The van der Waals surface area contributed by atoms with Gasteiger partial charge in [-0.05, 0) is 92.5 Å². The van der Waals surface area contributed by atoms with E-state index >= 15 is 0 Å². The number of carbonyl (C=O) groups excluding carboxylic acids is 1. The Balaban J connectivity index is 0.00000162. The molecule has 2 aliphatic heterocycles. The highest BCUT2D eigenvalue weighted by Crippen LogP contribution is 2.45. The molecule has 0 aromatic heterocycles. The van der Waals surface area contributed by atoms with Crippen LogP contribution in [0.2, 0.25) is 0 Å². The van der Waals surface area contributed by atoms with Crippen molar-refractivity contribution in [3.05, 3.63) is 113 Å². The predicted octanol–water partition coefficient (Wildman–Crippen LogP) is 5.02. The number of ether oxygens (including phenoxy) is 2. The number of nitrogens with one attached hydrogen (secondary N) is 2. The topological polar surface area (TPSA) is 161 Å². The number of phenolic OH excluding ortho intramolecular Hbond substituents is 2. The van der Waals surface area contributed by atoms with Crippen molar-refractivity contribution in [3.8, 4) is 23.0 Å². The Hall–Kier alpha value is -5.10. The Morgan fingerprint density at radius 1 is 0.961 bits per heavy atom. The molecule has 2 aliphatic rings. The van der Waals surface area contributed by atoms with Crippen LogP contribution in [0.4, 0.5) is 5.69 Å². The first-order valence-corrected chi connectivity index (χ1v) is 17.3. The fourth-order valence-corrected chi connectivity index (χ4v) is 6.90. The molecule has 0 unspecified atom stereocenters. The fraction of sp³-hybridized carbons (Fsp3) is 0.350. The summed E-state index contributed by atoms with van der Waals surface area (Å²) in [5.74, 6) is 1.02. The first-order chi connectivity index (χ1) is 24.8. The maximum Gasteiger partial charge on any atom is 0.290 e. The van der Waals surface area contributed by atoms with Crippen molar-refractivity contribution < 1.29 is 39.5 Å². The number of aromatic hydroxyl groups is 2. The molecule has 270 valence electrons. The first kappa shape index (κ1) is 37.2. The van der Waals surface area contributed by atoms with Gasteiger partial charge in [0.2, 0.25) is 0 Å². The Kier molecular flexibility index (Phi) is 12.9. The van der Waals surface area contributed by atoms with E-state index in [0.717, 1.165) is 67.8 Å². The normalized spacial score (nSPS) is 15.7. The van der Waals surface area contributed by atoms with E-state index < -0.39 is 6.10 Å². The van der Waals surface area contributed by atoms with Gasteiger partial charge in [-0.1, -0.05) is 61.5 Å². The monoisotopic (exact) mass is 697 g/mol. The van der Waals surface area contributed by atoms with Crippen molar-refractivity contribution in [1.82, 2.24) is 10.2 Å². The van der Waals surface area contributed by atoms with Gasteiger partial charge >= 0.3 is 0 Å².